The molecule has 0 radical (unpaired) electrons. The van der Waals surface area contributed by atoms with Crippen LogP contribution in [-0.2, 0) is 14.8 Å². The van der Waals surface area contributed by atoms with E-state index in [1.807, 2.05) is 0 Å². The van der Waals surface area contributed by atoms with Crippen LogP contribution in [0.5, 0.6) is 0 Å². The zero-order valence-corrected chi connectivity index (χ0v) is 16.5. The highest BCUT2D eigenvalue weighted by Crippen LogP contribution is 2.32. The van der Waals surface area contributed by atoms with Crippen molar-refractivity contribution in [2.45, 2.75) is 45.1 Å². The smallest absolute Gasteiger partial charge is 0.420 e. The molecular weight excluding hydrogens is 366 g/mol. The third-order valence-electron chi connectivity index (χ3n) is 3.51. The normalized spacial score (nSPS) is 12.8. The van der Waals surface area contributed by atoms with Crippen LogP contribution >= 0.6 is 11.6 Å². The highest BCUT2D eigenvalue weighted by Gasteiger charge is 2.30. The van der Waals surface area contributed by atoms with Crippen molar-refractivity contribution in [2.24, 2.45) is 0 Å². The highest BCUT2D eigenvalue weighted by molar-refractivity contribution is 7.89. The Bertz CT molecular complexity index is 896. The number of hydrogen-bond donors (Lipinski definition) is 0. The van der Waals surface area contributed by atoms with E-state index in [0.29, 0.717) is 13.1 Å². The van der Waals surface area contributed by atoms with E-state index in [-0.39, 0.29) is 21.0 Å². The van der Waals surface area contributed by atoms with Gasteiger partial charge in [-0.05, 0) is 26.8 Å². The summed E-state index contributed by atoms with van der Waals surface area (Å²) < 4.78 is 33.6. The van der Waals surface area contributed by atoms with E-state index in [4.69, 9.17) is 16.3 Å². The SMILES string of the molecule is CCN(CC)S(=O)(=O)c1cn(C(=O)OC(C)(C)C)c2nccc(Cl)c12. The molecule has 0 saturated carbocycles. The van der Waals surface area contributed by atoms with Crippen molar-refractivity contribution in [1.82, 2.24) is 13.9 Å². The molecule has 2 aromatic heterocycles. The molecule has 0 saturated heterocycles. The van der Waals surface area contributed by atoms with Crippen molar-refractivity contribution in [3.8, 4) is 0 Å². The van der Waals surface area contributed by atoms with Crippen molar-refractivity contribution in [1.29, 1.82) is 0 Å². The van der Waals surface area contributed by atoms with Crippen molar-refractivity contribution in [2.75, 3.05) is 13.1 Å². The zero-order chi connectivity index (χ0) is 19.0. The maximum absolute atomic E-state index is 13.0. The summed E-state index contributed by atoms with van der Waals surface area (Å²) in [6.07, 6.45) is 1.93. The number of hydrogen-bond acceptors (Lipinski definition) is 5. The van der Waals surface area contributed by atoms with Crippen LogP contribution in [0.3, 0.4) is 0 Å². The number of carbonyl (C=O) groups excluding carboxylic acids is 1. The molecule has 0 fully saturated rings. The molecule has 0 aliphatic rings. The molecule has 9 heteroatoms. The lowest BCUT2D eigenvalue weighted by Gasteiger charge is -2.19. The van der Waals surface area contributed by atoms with Crippen LogP contribution in [0.4, 0.5) is 4.79 Å². The van der Waals surface area contributed by atoms with Crippen LogP contribution in [0.25, 0.3) is 11.0 Å². The third kappa shape index (κ3) is 3.80. The van der Waals surface area contributed by atoms with Crippen molar-refractivity contribution in [3.63, 3.8) is 0 Å². The van der Waals surface area contributed by atoms with E-state index in [9.17, 15) is 13.2 Å². The van der Waals surface area contributed by atoms with Crippen molar-refractivity contribution < 1.29 is 17.9 Å². The lowest BCUT2D eigenvalue weighted by Crippen LogP contribution is -2.30. The fraction of sp³-hybridized carbons (Fsp3) is 0.500. The molecule has 25 heavy (non-hydrogen) atoms. The van der Waals surface area contributed by atoms with Crippen LogP contribution < -0.4 is 0 Å². The summed E-state index contributed by atoms with van der Waals surface area (Å²) in [6.45, 7) is 9.27. The summed E-state index contributed by atoms with van der Waals surface area (Å²) in [5.41, 5.74) is -0.586. The molecule has 0 aliphatic heterocycles. The molecule has 0 bridgehead atoms. The summed E-state index contributed by atoms with van der Waals surface area (Å²) in [5, 5.41) is 0.417. The average molecular weight is 388 g/mol. The largest absolute Gasteiger partial charge is 0.443 e. The Kier molecular flexibility index (Phi) is 5.46. The van der Waals surface area contributed by atoms with Gasteiger partial charge < -0.3 is 4.74 Å². The molecular formula is C16H22ClN3O4S. The Morgan fingerprint density at radius 1 is 1.32 bits per heavy atom. The molecule has 0 atom stereocenters. The number of ether oxygens (including phenoxy) is 1. The molecule has 2 heterocycles. The lowest BCUT2D eigenvalue weighted by molar-refractivity contribution is 0.0543. The van der Waals surface area contributed by atoms with Gasteiger partial charge in [0.15, 0.2) is 5.65 Å². The number of aromatic nitrogens is 2. The van der Waals surface area contributed by atoms with Crippen LogP contribution in [-0.4, -0.2) is 47.1 Å². The Hall–Kier alpha value is -1.64. The van der Waals surface area contributed by atoms with E-state index in [1.54, 1.807) is 34.6 Å². The Morgan fingerprint density at radius 3 is 2.44 bits per heavy atom. The van der Waals surface area contributed by atoms with E-state index in [2.05, 4.69) is 4.98 Å². The van der Waals surface area contributed by atoms with Gasteiger partial charge in [0, 0.05) is 25.5 Å². The van der Waals surface area contributed by atoms with E-state index < -0.39 is 21.7 Å². The molecule has 0 aliphatic carbocycles. The number of carbonyl (C=O) groups is 1. The number of pyridine rings is 1. The summed E-state index contributed by atoms with van der Waals surface area (Å²) >= 11 is 6.22. The molecule has 138 valence electrons. The predicted octanol–water partition coefficient (Wildman–Crippen LogP) is 3.50. The summed E-state index contributed by atoms with van der Waals surface area (Å²) in [5.74, 6) is 0. The fourth-order valence-corrected chi connectivity index (χ4v) is 4.38. The summed E-state index contributed by atoms with van der Waals surface area (Å²) in [6, 6.07) is 1.49. The fourth-order valence-electron chi connectivity index (χ4n) is 2.43. The third-order valence-corrected chi connectivity index (χ3v) is 5.89. The predicted molar refractivity (Wildman–Crippen MR) is 96.5 cm³/mol. The van der Waals surface area contributed by atoms with Gasteiger partial charge in [0.2, 0.25) is 10.0 Å². The molecule has 2 rings (SSSR count). The van der Waals surface area contributed by atoms with Gasteiger partial charge in [-0.25, -0.2) is 22.8 Å². The first-order valence-electron chi connectivity index (χ1n) is 7.92. The zero-order valence-electron chi connectivity index (χ0n) is 14.9. The summed E-state index contributed by atoms with van der Waals surface area (Å²) in [7, 11) is -3.83. The standard InChI is InChI=1S/C16H22ClN3O4S/c1-6-19(7-2)25(22,23)12-10-20(15(21)24-16(3,4)5)14-13(12)11(17)8-9-18-14/h8-10H,6-7H2,1-5H3. The molecule has 0 N–H and O–H groups in total. The van der Waals surface area contributed by atoms with E-state index in [1.165, 1.54) is 22.8 Å². The first kappa shape index (κ1) is 19.7. The number of halogens is 1. The minimum absolute atomic E-state index is 0.0600. The second-order valence-electron chi connectivity index (χ2n) is 6.42. The first-order chi connectivity index (χ1) is 11.5. The van der Waals surface area contributed by atoms with Gasteiger partial charge >= 0.3 is 6.09 Å². The Labute approximate surface area is 152 Å². The van der Waals surface area contributed by atoms with Gasteiger partial charge in [0.25, 0.3) is 0 Å². The van der Waals surface area contributed by atoms with Crippen LogP contribution in [0.15, 0.2) is 23.4 Å². The van der Waals surface area contributed by atoms with Gasteiger partial charge in [-0.2, -0.15) is 4.31 Å². The molecule has 7 nitrogen and oxygen atoms in total. The minimum Gasteiger partial charge on any atom is -0.443 e. The average Bonchev–Trinajstić information content (AvgIpc) is 2.88. The van der Waals surface area contributed by atoms with Gasteiger partial charge in [0.1, 0.15) is 10.5 Å². The van der Waals surface area contributed by atoms with Gasteiger partial charge in [0.05, 0.1) is 10.4 Å². The van der Waals surface area contributed by atoms with Gasteiger partial charge in [-0.1, -0.05) is 25.4 Å². The number of fused-ring (bicyclic) bond motifs is 1. The molecule has 0 spiro atoms. The van der Waals surface area contributed by atoms with E-state index in [0.717, 1.165) is 4.57 Å². The molecule has 0 unspecified atom stereocenters. The first-order valence-corrected chi connectivity index (χ1v) is 9.73. The Morgan fingerprint density at radius 2 is 1.92 bits per heavy atom. The van der Waals surface area contributed by atoms with Crippen molar-refractivity contribution >= 4 is 38.8 Å². The number of sulfonamides is 1. The highest BCUT2D eigenvalue weighted by atomic mass is 35.5. The van der Waals surface area contributed by atoms with Crippen LogP contribution in [0, 0.1) is 0 Å². The molecule has 0 amide bonds. The maximum Gasteiger partial charge on any atom is 0.420 e. The lowest BCUT2D eigenvalue weighted by atomic mass is 10.2. The number of nitrogens with zero attached hydrogens (tertiary/aromatic N) is 3. The molecule has 2 aromatic rings. The topological polar surface area (TPSA) is 81.5 Å². The number of rotatable bonds is 4. The quantitative estimate of drug-likeness (QED) is 0.801. The molecule has 0 aromatic carbocycles. The van der Waals surface area contributed by atoms with Crippen LogP contribution in [0.1, 0.15) is 34.6 Å². The monoisotopic (exact) mass is 387 g/mol. The minimum atomic E-state index is -3.83. The second-order valence-corrected chi connectivity index (χ2v) is 8.74. The van der Waals surface area contributed by atoms with Crippen LogP contribution in [0.2, 0.25) is 5.02 Å². The second kappa shape index (κ2) is 6.93. The van der Waals surface area contributed by atoms with Gasteiger partial charge in [-0.3, -0.25) is 0 Å². The van der Waals surface area contributed by atoms with Crippen molar-refractivity contribution in [3.05, 3.63) is 23.5 Å². The summed E-state index contributed by atoms with van der Waals surface area (Å²) in [4.78, 5) is 16.6. The van der Waals surface area contributed by atoms with E-state index >= 15 is 0 Å². The Balaban J connectivity index is 2.73. The maximum atomic E-state index is 13.0. The van der Waals surface area contributed by atoms with Gasteiger partial charge in [-0.15, -0.1) is 0 Å².